The highest BCUT2D eigenvalue weighted by Crippen LogP contribution is 2.09. The monoisotopic (exact) mass is 203 g/mol. The Bertz CT molecular complexity index is 96.1. The largest absolute Gasteiger partial charge is 0.316 e. The third-order valence-corrected chi connectivity index (χ3v) is 3.38. The van der Waals surface area contributed by atoms with E-state index < -0.39 is 0 Å². The van der Waals surface area contributed by atoms with Gasteiger partial charge in [0.1, 0.15) is 0 Å². The van der Waals surface area contributed by atoms with Crippen molar-refractivity contribution >= 4 is 11.8 Å². The molecule has 0 aromatic carbocycles. The van der Waals surface area contributed by atoms with Crippen molar-refractivity contribution in [1.29, 1.82) is 0 Å². The fourth-order valence-corrected chi connectivity index (χ4v) is 2.06. The van der Waals surface area contributed by atoms with E-state index >= 15 is 0 Å². The molecule has 0 saturated heterocycles. The summed E-state index contributed by atoms with van der Waals surface area (Å²) in [6.07, 6.45) is 5.32. The van der Waals surface area contributed by atoms with Crippen LogP contribution < -0.4 is 5.32 Å². The molecule has 0 saturated carbocycles. The van der Waals surface area contributed by atoms with Crippen molar-refractivity contribution < 1.29 is 0 Å². The summed E-state index contributed by atoms with van der Waals surface area (Å²) in [7, 11) is 0. The molecule has 0 rings (SSSR count). The van der Waals surface area contributed by atoms with Gasteiger partial charge in [0.05, 0.1) is 0 Å². The molecule has 13 heavy (non-hydrogen) atoms. The highest BCUT2D eigenvalue weighted by molar-refractivity contribution is 7.99. The second-order valence-corrected chi connectivity index (χ2v) is 5.14. The Morgan fingerprint density at radius 3 is 2.54 bits per heavy atom. The third kappa shape index (κ3) is 10.2. The van der Waals surface area contributed by atoms with Crippen molar-refractivity contribution in [2.24, 2.45) is 0 Å². The number of rotatable bonds is 9. The van der Waals surface area contributed by atoms with Crippen LogP contribution in [0.3, 0.4) is 0 Å². The SMILES string of the molecule is CCCCCNCC(C)SCCC. The van der Waals surface area contributed by atoms with Gasteiger partial charge in [-0.25, -0.2) is 0 Å². The molecule has 0 radical (unpaired) electrons. The topological polar surface area (TPSA) is 12.0 Å². The molecule has 0 aromatic rings. The molecule has 2 heteroatoms. The van der Waals surface area contributed by atoms with Crippen LogP contribution >= 0.6 is 11.8 Å². The van der Waals surface area contributed by atoms with Gasteiger partial charge in [-0.15, -0.1) is 0 Å². The van der Waals surface area contributed by atoms with Crippen LogP contribution in [0.15, 0.2) is 0 Å². The van der Waals surface area contributed by atoms with Crippen LogP contribution in [0.1, 0.15) is 46.5 Å². The van der Waals surface area contributed by atoms with Crippen LogP contribution in [-0.2, 0) is 0 Å². The first kappa shape index (κ1) is 13.3. The first-order valence-corrected chi connectivity index (χ1v) is 6.68. The molecule has 0 aliphatic rings. The second kappa shape index (κ2) is 10.4. The van der Waals surface area contributed by atoms with Crippen molar-refractivity contribution in [3.63, 3.8) is 0 Å². The van der Waals surface area contributed by atoms with E-state index in [0.29, 0.717) is 0 Å². The van der Waals surface area contributed by atoms with Gasteiger partial charge in [-0.3, -0.25) is 0 Å². The molecule has 0 amide bonds. The summed E-state index contributed by atoms with van der Waals surface area (Å²) in [4.78, 5) is 0. The maximum Gasteiger partial charge on any atom is 0.0144 e. The lowest BCUT2D eigenvalue weighted by molar-refractivity contribution is 0.615. The van der Waals surface area contributed by atoms with E-state index in [0.717, 1.165) is 5.25 Å². The number of nitrogens with one attached hydrogen (secondary N) is 1. The Balaban J connectivity index is 3.03. The van der Waals surface area contributed by atoms with Crippen molar-refractivity contribution in [3.8, 4) is 0 Å². The molecular weight excluding hydrogens is 178 g/mol. The molecular formula is C11H25NS. The van der Waals surface area contributed by atoms with Crippen LogP contribution in [0.5, 0.6) is 0 Å². The van der Waals surface area contributed by atoms with Crippen molar-refractivity contribution in [2.45, 2.75) is 51.7 Å². The van der Waals surface area contributed by atoms with Gasteiger partial charge < -0.3 is 5.32 Å². The molecule has 0 heterocycles. The van der Waals surface area contributed by atoms with Crippen LogP contribution in [0.25, 0.3) is 0 Å². The normalized spacial score (nSPS) is 13.2. The highest BCUT2D eigenvalue weighted by Gasteiger charge is 1.99. The van der Waals surface area contributed by atoms with E-state index in [2.05, 4.69) is 37.8 Å². The lowest BCUT2D eigenvalue weighted by Gasteiger charge is -2.11. The highest BCUT2D eigenvalue weighted by atomic mass is 32.2. The summed E-state index contributed by atoms with van der Waals surface area (Å²) in [5.74, 6) is 1.30. The molecule has 0 fully saturated rings. The molecule has 0 spiro atoms. The summed E-state index contributed by atoms with van der Waals surface area (Å²) < 4.78 is 0. The summed E-state index contributed by atoms with van der Waals surface area (Å²) >= 11 is 2.08. The minimum absolute atomic E-state index is 0.779. The Morgan fingerprint density at radius 2 is 1.92 bits per heavy atom. The average Bonchev–Trinajstić information content (AvgIpc) is 2.14. The Hall–Kier alpha value is 0.310. The van der Waals surface area contributed by atoms with Gasteiger partial charge in [-0.05, 0) is 25.1 Å². The zero-order valence-electron chi connectivity index (χ0n) is 9.44. The summed E-state index contributed by atoms with van der Waals surface area (Å²) in [5, 5.41) is 4.29. The van der Waals surface area contributed by atoms with Gasteiger partial charge in [0.2, 0.25) is 0 Å². The van der Waals surface area contributed by atoms with Crippen LogP contribution in [0, 0.1) is 0 Å². The minimum atomic E-state index is 0.779. The molecule has 0 bridgehead atoms. The minimum Gasteiger partial charge on any atom is -0.316 e. The van der Waals surface area contributed by atoms with Gasteiger partial charge in [-0.2, -0.15) is 11.8 Å². The maximum absolute atomic E-state index is 3.51. The van der Waals surface area contributed by atoms with Gasteiger partial charge in [-0.1, -0.05) is 33.6 Å². The first-order chi connectivity index (χ1) is 6.31. The average molecular weight is 203 g/mol. The molecule has 1 atom stereocenters. The quantitative estimate of drug-likeness (QED) is 0.577. The van der Waals surface area contributed by atoms with Crippen molar-refractivity contribution in [2.75, 3.05) is 18.8 Å². The smallest absolute Gasteiger partial charge is 0.0144 e. The standard InChI is InChI=1S/C11H25NS/c1-4-6-7-8-12-10-11(3)13-9-5-2/h11-12H,4-10H2,1-3H3. The van der Waals surface area contributed by atoms with Crippen LogP contribution in [0.2, 0.25) is 0 Å². The van der Waals surface area contributed by atoms with E-state index in [1.807, 2.05) is 0 Å². The molecule has 0 aliphatic carbocycles. The molecule has 1 N–H and O–H groups in total. The molecule has 1 nitrogen and oxygen atoms in total. The van der Waals surface area contributed by atoms with E-state index in [4.69, 9.17) is 0 Å². The lowest BCUT2D eigenvalue weighted by Crippen LogP contribution is -2.23. The number of thioether (sulfide) groups is 1. The van der Waals surface area contributed by atoms with Crippen molar-refractivity contribution in [3.05, 3.63) is 0 Å². The number of unbranched alkanes of at least 4 members (excludes halogenated alkanes) is 2. The Kier molecular flexibility index (Phi) is 10.6. The molecule has 0 aromatic heterocycles. The zero-order valence-corrected chi connectivity index (χ0v) is 10.3. The van der Waals surface area contributed by atoms with Gasteiger partial charge in [0.15, 0.2) is 0 Å². The number of hydrogen-bond donors (Lipinski definition) is 1. The molecule has 1 unspecified atom stereocenters. The predicted molar refractivity (Wildman–Crippen MR) is 64.6 cm³/mol. The summed E-state index contributed by atoms with van der Waals surface area (Å²) in [6, 6.07) is 0. The Labute approximate surface area is 88.1 Å². The molecule has 80 valence electrons. The lowest BCUT2D eigenvalue weighted by atomic mass is 10.2. The first-order valence-electron chi connectivity index (χ1n) is 5.63. The Morgan fingerprint density at radius 1 is 1.15 bits per heavy atom. The molecule has 0 aliphatic heterocycles. The van der Waals surface area contributed by atoms with Crippen LogP contribution in [0.4, 0.5) is 0 Å². The fourth-order valence-electron chi connectivity index (χ4n) is 1.18. The zero-order chi connectivity index (χ0) is 9.94. The van der Waals surface area contributed by atoms with Gasteiger partial charge >= 0.3 is 0 Å². The predicted octanol–water partition coefficient (Wildman–Crippen LogP) is 3.30. The fraction of sp³-hybridized carbons (Fsp3) is 1.00. The summed E-state index contributed by atoms with van der Waals surface area (Å²) in [5.41, 5.74) is 0. The third-order valence-electron chi connectivity index (χ3n) is 2.00. The maximum atomic E-state index is 3.51. The van der Waals surface area contributed by atoms with E-state index in [1.165, 1.54) is 44.5 Å². The van der Waals surface area contributed by atoms with E-state index in [9.17, 15) is 0 Å². The van der Waals surface area contributed by atoms with Gasteiger partial charge in [0, 0.05) is 11.8 Å². The van der Waals surface area contributed by atoms with Crippen molar-refractivity contribution in [1.82, 2.24) is 5.32 Å². The van der Waals surface area contributed by atoms with E-state index in [-0.39, 0.29) is 0 Å². The van der Waals surface area contributed by atoms with Crippen LogP contribution in [-0.4, -0.2) is 24.1 Å². The van der Waals surface area contributed by atoms with Gasteiger partial charge in [0.25, 0.3) is 0 Å². The van der Waals surface area contributed by atoms with E-state index in [1.54, 1.807) is 0 Å². The summed E-state index contributed by atoms with van der Waals surface area (Å²) in [6.45, 7) is 9.18. The second-order valence-electron chi connectivity index (χ2n) is 3.59. The number of hydrogen-bond acceptors (Lipinski definition) is 2.